The van der Waals surface area contributed by atoms with Crippen LogP contribution in [0.2, 0.25) is 0 Å². The first-order chi connectivity index (χ1) is 11.2. The second kappa shape index (κ2) is 5.57. The first-order valence-corrected chi connectivity index (χ1v) is 8.00. The molecule has 118 valence electrons. The van der Waals surface area contributed by atoms with Crippen molar-refractivity contribution in [2.75, 3.05) is 13.1 Å². The van der Waals surface area contributed by atoms with E-state index in [1.807, 2.05) is 53.0 Å². The maximum absolute atomic E-state index is 12.9. The Morgan fingerprint density at radius 2 is 2.17 bits per heavy atom. The van der Waals surface area contributed by atoms with E-state index >= 15 is 0 Å². The summed E-state index contributed by atoms with van der Waals surface area (Å²) < 4.78 is 7.78. The van der Waals surface area contributed by atoms with Crippen LogP contribution in [0.25, 0.3) is 11.0 Å². The van der Waals surface area contributed by atoms with Crippen molar-refractivity contribution in [1.29, 1.82) is 0 Å². The van der Waals surface area contributed by atoms with E-state index in [2.05, 4.69) is 5.10 Å². The van der Waals surface area contributed by atoms with Gasteiger partial charge in [-0.05, 0) is 31.9 Å². The Bertz CT molecular complexity index is 835. The van der Waals surface area contributed by atoms with Crippen molar-refractivity contribution in [3.05, 3.63) is 54.0 Å². The van der Waals surface area contributed by atoms with E-state index in [4.69, 9.17) is 4.42 Å². The predicted molar refractivity (Wildman–Crippen MR) is 87.4 cm³/mol. The summed E-state index contributed by atoms with van der Waals surface area (Å²) in [5.41, 5.74) is 1.70. The lowest BCUT2D eigenvalue weighted by Crippen LogP contribution is -2.40. The number of piperidine rings is 1. The molecule has 1 aliphatic rings. The molecule has 3 aromatic rings. The van der Waals surface area contributed by atoms with Gasteiger partial charge in [0.2, 0.25) is 0 Å². The fraction of sp³-hybridized carbons (Fsp3) is 0.333. The Labute approximate surface area is 134 Å². The third-order valence-electron chi connectivity index (χ3n) is 4.62. The van der Waals surface area contributed by atoms with E-state index in [1.165, 1.54) is 0 Å². The number of para-hydroxylation sites is 1. The Morgan fingerprint density at radius 3 is 2.96 bits per heavy atom. The average Bonchev–Trinajstić information content (AvgIpc) is 3.23. The molecule has 0 saturated carbocycles. The number of likely N-dealkylation sites (tertiary alicyclic amines) is 1. The summed E-state index contributed by atoms with van der Waals surface area (Å²) in [6.07, 6.45) is 5.77. The standard InChI is InChI=1S/C18H19N3O2/c1-13-15-7-2-3-8-16(15)23-17(13)18(22)20-10-4-6-14(12-20)21-11-5-9-19-21/h2-3,5,7-9,11,14H,4,6,10,12H2,1H3. The van der Waals surface area contributed by atoms with E-state index in [1.54, 1.807) is 6.20 Å². The van der Waals surface area contributed by atoms with Gasteiger partial charge in [0, 0.05) is 36.4 Å². The second-order valence-corrected chi connectivity index (χ2v) is 6.09. The minimum atomic E-state index is -0.0180. The fourth-order valence-electron chi connectivity index (χ4n) is 3.37. The average molecular weight is 309 g/mol. The third-order valence-corrected chi connectivity index (χ3v) is 4.62. The number of carbonyl (C=O) groups is 1. The molecular formula is C18H19N3O2. The molecule has 2 aromatic heterocycles. The van der Waals surface area contributed by atoms with Crippen molar-refractivity contribution in [2.24, 2.45) is 0 Å². The molecule has 1 aromatic carbocycles. The first kappa shape index (κ1) is 14.1. The van der Waals surface area contributed by atoms with Crippen LogP contribution in [0.15, 0.2) is 47.1 Å². The van der Waals surface area contributed by atoms with Gasteiger partial charge >= 0.3 is 0 Å². The smallest absolute Gasteiger partial charge is 0.289 e. The van der Waals surface area contributed by atoms with E-state index in [9.17, 15) is 4.79 Å². The zero-order chi connectivity index (χ0) is 15.8. The van der Waals surface area contributed by atoms with E-state index < -0.39 is 0 Å². The highest BCUT2D eigenvalue weighted by atomic mass is 16.3. The lowest BCUT2D eigenvalue weighted by atomic mass is 10.0. The summed E-state index contributed by atoms with van der Waals surface area (Å²) in [6.45, 7) is 3.40. The van der Waals surface area contributed by atoms with Crippen molar-refractivity contribution in [3.63, 3.8) is 0 Å². The van der Waals surface area contributed by atoms with Gasteiger partial charge in [0.15, 0.2) is 5.76 Å². The lowest BCUT2D eigenvalue weighted by molar-refractivity contribution is 0.0642. The molecule has 1 atom stereocenters. The number of rotatable bonds is 2. The molecule has 0 bridgehead atoms. The highest BCUT2D eigenvalue weighted by Crippen LogP contribution is 2.28. The van der Waals surface area contributed by atoms with Crippen LogP contribution >= 0.6 is 0 Å². The van der Waals surface area contributed by atoms with Crippen LogP contribution in [0.4, 0.5) is 0 Å². The molecule has 0 aliphatic carbocycles. The van der Waals surface area contributed by atoms with Crippen LogP contribution in [-0.2, 0) is 0 Å². The Hall–Kier alpha value is -2.56. The van der Waals surface area contributed by atoms with Crippen LogP contribution in [-0.4, -0.2) is 33.7 Å². The molecule has 4 rings (SSSR count). The molecule has 0 N–H and O–H groups in total. The van der Waals surface area contributed by atoms with Gasteiger partial charge in [-0.3, -0.25) is 9.48 Å². The normalized spacial score (nSPS) is 18.5. The van der Waals surface area contributed by atoms with Gasteiger partial charge in [0.05, 0.1) is 6.04 Å². The van der Waals surface area contributed by atoms with Crippen LogP contribution in [0.1, 0.15) is 35.0 Å². The van der Waals surface area contributed by atoms with Crippen LogP contribution in [0.3, 0.4) is 0 Å². The van der Waals surface area contributed by atoms with E-state index in [0.29, 0.717) is 12.3 Å². The molecule has 1 aliphatic heterocycles. The number of furan rings is 1. The minimum Gasteiger partial charge on any atom is -0.451 e. The molecule has 1 unspecified atom stereocenters. The summed E-state index contributed by atoms with van der Waals surface area (Å²) in [5, 5.41) is 5.32. The van der Waals surface area contributed by atoms with Crippen molar-refractivity contribution in [2.45, 2.75) is 25.8 Å². The number of hydrogen-bond donors (Lipinski definition) is 0. The number of fused-ring (bicyclic) bond motifs is 1. The highest BCUT2D eigenvalue weighted by Gasteiger charge is 2.29. The number of benzene rings is 1. The number of carbonyl (C=O) groups excluding carboxylic acids is 1. The first-order valence-electron chi connectivity index (χ1n) is 8.00. The monoisotopic (exact) mass is 309 g/mol. The van der Waals surface area contributed by atoms with Crippen LogP contribution < -0.4 is 0 Å². The molecule has 0 radical (unpaired) electrons. The largest absolute Gasteiger partial charge is 0.451 e. The maximum atomic E-state index is 12.9. The molecule has 3 heterocycles. The molecule has 1 amide bonds. The van der Waals surface area contributed by atoms with Gasteiger partial charge in [-0.1, -0.05) is 18.2 Å². The molecular weight excluding hydrogens is 290 g/mol. The number of hydrogen-bond acceptors (Lipinski definition) is 3. The number of nitrogens with zero attached hydrogens (tertiary/aromatic N) is 3. The molecule has 23 heavy (non-hydrogen) atoms. The van der Waals surface area contributed by atoms with Gasteiger partial charge in [0.1, 0.15) is 5.58 Å². The van der Waals surface area contributed by atoms with E-state index in [0.717, 1.165) is 35.9 Å². The summed E-state index contributed by atoms with van der Waals surface area (Å²) >= 11 is 0. The summed E-state index contributed by atoms with van der Waals surface area (Å²) in [5.74, 6) is 0.447. The highest BCUT2D eigenvalue weighted by molar-refractivity contribution is 5.98. The maximum Gasteiger partial charge on any atom is 0.289 e. The lowest BCUT2D eigenvalue weighted by Gasteiger charge is -2.32. The molecule has 1 saturated heterocycles. The van der Waals surface area contributed by atoms with Gasteiger partial charge in [-0.25, -0.2) is 0 Å². The molecule has 5 heteroatoms. The van der Waals surface area contributed by atoms with Crippen molar-refractivity contribution in [1.82, 2.24) is 14.7 Å². The number of aromatic nitrogens is 2. The Morgan fingerprint density at radius 1 is 1.30 bits per heavy atom. The molecule has 1 fully saturated rings. The van der Waals surface area contributed by atoms with Gasteiger partial charge < -0.3 is 9.32 Å². The third kappa shape index (κ3) is 2.42. The Kier molecular flexibility index (Phi) is 3.41. The van der Waals surface area contributed by atoms with Gasteiger partial charge in [-0.15, -0.1) is 0 Å². The second-order valence-electron chi connectivity index (χ2n) is 6.09. The van der Waals surface area contributed by atoms with Crippen LogP contribution in [0, 0.1) is 6.92 Å². The molecule has 0 spiro atoms. The minimum absolute atomic E-state index is 0.0180. The van der Waals surface area contributed by atoms with Gasteiger partial charge in [-0.2, -0.15) is 5.10 Å². The van der Waals surface area contributed by atoms with E-state index in [-0.39, 0.29) is 11.9 Å². The van der Waals surface area contributed by atoms with Crippen LogP contribution in [0.5, 0.6) is 0 Å². The fourth-order valence-corrected chi connectivity index (χ4v) is 3.37. The predicted octanol–water partition coefficient (Wildman–Crippen LogP) is 3.42. The molecule has 5 nitrogen and oxygen atoms in total. The number of aryl methyl sites for hydroxylation is 1. The Balaban J connectivity index is 1.61. The summed E-state index contributed by atoms with van der Waals surface area (Å²) in [4.78, 5) is 14.8. The topological polar surface area (TPSA) is 51.3 Å². The number of amides is 1. The quantitative estimate of drug-likeness (QED) is 0.729. The zero-order valence-electron chi connectivity index (χ0n) is 13.1. The van der Waals surface area contributed by atoms with Gasteiger partial charge in [0.25, 0.3) is 5.91 Å². The zero-order valence-corrected chi connectivity index (χ0v) is 13.1. The SMILES string of the molecule is Cc1c(C(=O)N2CCCC(n3cccn3)C2)oc2ccccc12. The summed E-state index contributed by atoms with van der Waals surface area (Å²) in [7, 11) is 0. The van der Waals surface area contributed by atoms with Crippen molar-refractivity contribution >= 4 is 16.9 Å². The van der Waals surface area contributed by atoms with Crippen molar-refractivity contribution < 1.29 is 9.21 Å². The summed E-state index contributed by atoms with van der Waals surface area (Å²) in [6, 6.07) is 9.95. The van der Waals surface area contributed by atoms with Crippen molar-refractivity contribution in [3.8, 4) is 0 Å².